The summed E-state index contributed by atoms with van der Waals surface area (Å²) in [5.74, 6) is 1.79. The maximum Gasteiger partial charge on any atom is 0.151 e. The first kappa shape index (κ1) is 31.5. The van der Waals surface area contributed by atoms with Gasteiger partial charge in [0.05, 0.1) is 22.5 Å². The lowest BCUT2D eigenvalue weighted by molar-refractivity contribution is 0.471. The van der Waals surface area contributed by atoms with Crippen LogP contribution in [0.3, 0.4) is 0 Å². The Bertz CT molecular complexity index is 2900. The van der Waals surface area contributed by atoms with Gasteiger partial charge >= 0.3 is 0 Å². The van der Waals surface area contributed by atoms with E-state index >= 15 is 0 Å². The molecular formula is C53H38N2O. The molecule has 12 rings (SSSR count). The zero-order valence-electron chi connectivity index (χ0n) is 31.5. The molecule has 8 aromatic rings. The average molecular weight is 719 g/mol. The lowest BCUT2D eigenvalue weighted by atomic mass is 9.70. The van der Waals surface area contributed by atoms with Crippen LogP contribution in [0.15, 0.2) is 176 Å². The van der Waals surface area contributed by atoms with Crippen molar-refractivity contribution in [1.82, 2.24) is 0 Å². The average Bonchev–Trinajstić information content (AvgIpc) is 3.70. The van der Waals surface area contributed by atoms with E-state index in [1.165, 1.54) is 66.9 Å². The van der Waals surface area contributed by atoms with Gasteiger partial charge in [0.2, 0.25) is 0 Å². The number of aryl methyl sites for hydroxylation is 1. The second-order valence-corrected chi connectivity index (χ2v) is 16.1. The molecule has 3 heteroatoms. The smallest absolute Gasteiger partial charge is 0.151 e. The van der Waals surface area contributed by atoms with Crippen LogP contribution in [0.1, 0.15) is 52.8 Å². The molecule has 4 aliphatic rings. The Morgan fingerprint density at radius 1 is 0.429 bits per heavy atom. The number of ether oxygens (including phenoxy) is 1. The normalized spacial score (nSPS) is 15.1. The molecule has 0 N–H and O–H groups in total. The molecule has 3 nitrogen and oxygen atoms in total. The van der Waals surface area contributed by atoms with Crippen LogP contribution in [0.5, 0.6) is 11.5 Å². The van der Waals surface area contributed by atoms with Gasteiger partial charge in [0.15, 0.2) is 11.5 Å². The largest absolute Gasteiger partial charge is 0.453 e. The van der Waals surface area contributed by atoms with E-state index in [1.807, 2.05) is 0 Å². The molecule has 0 atom stereocenters. The van der Waals surface area contributed by atoms with Crippen LogP contribution in [0, 0.1) is 6.92 Å². The summed E-state index contributed by atoms with van der Waals surface area (Å²) >= 11 is 0. The summed E-state index contributed by atoms with van der Waals surface area (Å²) in [5.41, 5.74) is 20.4. The molecule has 0 fully saturated rings. The van der Waals surface area contributed by atoms with Crippen molar-refractivity contribution in [2.24, 2.45) is 0 Å². The molecule has 0 bridgehead atoms. The Kier molecular flexibility index (Phi) is 6.25. The first-order chi connectivity index (χ1) is 27.5. The summed E-state index contributed by atoms with van der Waals surface area (Å²) in [6.45, 7) is 6.89. The minimum Gasteiger partial charge on any atom is -0.453 e. The van der Waals surface area contributed by atoms with Crippen molar-refractivity contribution >= 4 is 34.1 Å². The van der Waals surface area contributed by atoms with Gasteiger partial charge in [-0.3, -0.25) is 0 Å². The van der Waals surface area contributed by atoms with Gasteiger partial charge in [-0.1, -0.05) is 135 Å². The van der Waals surface area contributed by atoms with Gasteiger partial charge in [-0.25, -0.2) is 0 Å². The number of fused-ring (bicyclic) bond motifs is 14. The minimum absolute atomic E-state index is 0.292. The van der Waals surface area contributed by atoms with Gasteiger partial charge in [-0.15, -0.1) is 0 Å². The molecule has 2 aliphatic heterocycles. The van der Waals surface area contributed by atoms with Gasteiger partial charge in [-0.05, 0) is 123 Å². The maximum absolute atomic E-state index is 6.58. The van der Waals surface area contributed by atoms with Crippen LogP contribution >= 0.6 is 0 Å². The molecule has 0 aromatic heterocycles. The fourth-order valence-corrected chi connectivity index (χ4v) is 10.6. The predicted octanol–water partition coefficient (Wildman–Crippen LogP) is 14.0. The summed E-state index contributed by atoms with van der Waals surface area (Å²) < 4.78 is 6.58. The number of rotatable bonds is 3. The van der Waals surface area contributed by atoms with E-state index in [1.54, 1.807) is 0 Å². The molecule has 0 amide bonds. The third-order valence-corrected chi connectivity index (χ3v) is 12.9. The van der Waals surface area contributed by atoms with E-state index in [4.69, 9.17) is 4.74 Å². The van der Waals surface area contributed by atoms with Crippen LogP contribution in [-0.2, 0) is 10.8 Å². The first-order valence-corrected chi connectivity index (χ1v) is 19.6. The van der Waals surface area contributed by atoms with Crippen LogP contribution in [0.25, 0.3) is 22.3 Å². The Morgan fingerprint density at radius 2 is 0.946 bits per heavy atom. The van der Waals surface area contributed by atoms with Crippen molar-refractivity contribution in [2.75, 3.05) is 9.80 Å². The van der Waals surface area contributed by atoms with E-state index < -0.39 is 5.41 Å². The molecular weight excluding hydrogens is 681 g/mol. The molecule has 1 spiro atoms. The Balaban J connectivity index is 1.10. The summed E-state index contributed by atoms with van der Waals surface area (Å²) in [6.07, 6.45) is 0. The second-order valence-electron chi connectivity index (χ2n) is 16.1. The Hall–Kier alpha value is -6.84. The lowest BCUT2D eigenvalue weighted by Crippen LogP contribution is -2.33. The van der Waals surface area contributed by atoms with E-state index in [-0.39, 0.29) is 5.41 Å². The van der Waals surface area contributed by atoms with E-state index in [0.717, 1.165) is 39.9 Å². The molecule has 0 saturated heterocycles. The van der Waals surface area contributed by atoms with Crippen molar-refractivity contribution in [2.45, 2.75) is 31.6 Å². The van der Waals surface area contributed by atoms with Gasteiger partial charge in [0.25, 0.3) is 0 Å². The quantitative estimate of drug-likeness (QED) is 0.181. The fraction of sp³-hybridized carbons (Fsp3) is 0.0943. The highest BCUT2D eigenvalue weighted by Crippen LogP contribution is 2.64. The number of hydrogen-bond acceptors (Lipinski definition) is 3. The zero-order chi connectivity index (χ0) is 37.3. The third kappa shape index (κ3) is 3.92. The topological polar surface area (TPSA) is 15.7 Å². The molecule has 0 saturated carbocycles. The van der Waals surface area contributed by atoms with Gasteiger partial charge in [0, 0.05) is 22.5 Å². The predicted molar refractivity (Wildman–Crippen MR) is 229 cm³/mol. The van der Waals surface area contributed by atoms with Crippen molar-refractivity contribution < 1.29 is 4.74 Å². The van der Waals surface area contributed by atoms with Crippen molar-refractivity contribution in [3.8, 4) is 33.8 Å². The molecule has 8 aromatic carbocycles. The number of hydrogen-bond donors (Lipinski definition) is 0. The second kappa shape index (κ2) is 11.1. The number of benzene rings is 8. The standard InChI is InChI=1S/C53H38N2O/c1-33-15-13-25-48-50(33)55-47-30-28-36(32-46(47)52(2,3)44-24-14-26-49(56-48)51(44)55)54(34-16-5-4-6-17-34)35-27-29-40-39-20-9-12-23-43(39)53(45(40)31-35)41-21-10-7-18-37(41)38-19-8-11-22-42(38)53/h4-32H,1-3H3. The Morgan fingerprint density at radius 3 is 1.61 bits per heavy atom. The van der Waals surface area contributed by atoms with Crippen molar-refractivity contribution in [1.29, 1.82) is 0 Å². The molecule has 0 unspecified atom stereocenters. The zero-order valence-corrected chi connectivity index (χ0v) is 31.5. The molecule has 266 valence electrons. The molecule has 2 heterocycles. The molecule has 0 radical (unpaired) electrons. The summed E-state index contributed by atoms with van der Waals surface area (Å²) in [4.78, 5) is 4.89. The fourth-order valence-electron chi connectivity index (χ4n) is 10.6. The summed E-state index contributed by atoms with van der Waals surface area (Å²) in [7, 11) is 0. The summed E-state index contributed by atoms with van der Waals surface area (Å²) in [6, 6.07) is 65.1. The van der Waals surface area contributed by atoms with Gasteiger partial charge in [0.1, 0.15) is 0 Å². The van der Waals surface area contributed by atoms with Crippen LogP contribution in [0.4, 0.5) is 34.1 Å². The molecule has 2 aliphatic carbocycles. The van der Waals surface area contributed by atoms with Crippen molar-refractivity contribution in [3.05, 3.63) is 215 Å². The number of nitrogens with zero attached hydrogens (tertiary/aromatic N) is 2. The van der Waals surface area contributed by atoms with Crippen molar-refractivity contribution in [3.63, 3.8) is 0 Å². The number of anilines is 6. The van der Waals surface area contributed by atoms with Crippen LogP contribution in [-0.4, -0.2) is 0 Å². The first-order valence-electron chi connectivity index (χ1n) is 19.6. The van der Waals surface area contributed by atoms with E-state index in [9.17, 15) is 0 Å². The van der Waals surface area contributed by atoms with Crippen LogP contribution in [0.2, 0.25) is 0 Å². The van der Waals surface area contributed by atoms with Crippen LogP contribution < -0.4 is 14.5 Å². The third-order valence-electron chi connectivity index (χ3n) is 12.9. The van der Waals surface area contributed by atoms with Gasteiger partial charge < -0.3 is 14.5 Å². The highest BCUT2D eigenvalue weighted by molar-refractivity contribution is 5.98. The minimum atomic E-state index is -0.418. The Labute approximate surface area is 327 Å². The maximum atomic E-state index is 6.58. The summed E-state index contributed by atoms with van der Waals surface area (Å²) in [5, 5.41) is 0. The monoisotopic (exact) mass is 718 g/mol. The lowest BCUT2D eigenvalue weighted by Gasteiger charge is -2.45. The van der Waals surface area contributed by atoms with E-state index in [0.29, 0.717) is 0 Å². The molecule has 56 heavy (non-hydrogen) atoms. The highest BCUT2D eigenvalue weighted by Gasteiger charge is 2.52. The van der Waals surface area contributed by atoms with E-state index in [2.05, 4.69) is 206 Å². The SMILES string of the molecule is Cc1cccc2c1N1c3ccc(N(c4ccccc4)c4ccc5c(c4)C4(c6ccccc6-c6ccccc64)c4ccccc4-5)cc3C(C)(C)c3cccc(c31)O2. The number of para-hydroxylation sites is 3. The highest BCUT2D eigenvalue weighted by atomic mass is 16.5. The van der Waals surface area contributed by atoms with Gasteiger partial charge in [-0.2, -0.15) is 0 Å².